The molecule has 0 radical (unpaired) electrons. The predicted octanol–water partition coefficient (Wildman–Crippen LogP) is 2.57. The highest BCUT2D eigenvalue weighted by Crippen LogP contribution is 2.30. The molecule has 1 heterocycles. The Hall–Kier alpha value is -2.24. The van der Waals surface area contributed by atoms with Crippen molar-refractivity contribution < 1.29 is 4.74 Å². The summed E-state index contributed by atoms with van der Waals surface area (Å²) in [4.78, 5) is 16.7. The van der Waals surface area contributed by atoms with Gasteiger partial charge in [0.15, 0.2) is 0 Å². The van der Waals surface area contributed by atoms with E-state index in [0.29, 0.717) is 16.1 Å². The lowest BCUT2D eigenvalue weighted by Crippen LogP contribution is -2.12. The molecule has 21 heavy (non-hydrogen) atoms. The van der Waals surface area contributed by atoms with Crippen molar-refractivity contribution >= 4 is 22.6 Å². The highest BCUT2D eigenvalue weighted by Gasteiger charge is 2.14. The zero-order valence-electron chi connectivity index (χ0n) is 11.3. The number of fused-ring (bicyclic) bond motifs is 1. The molecule has 0 spiro atoms. The Kier molecular flexibility index (Phi) is 3.45. The number of hydrogen-bond acceptors (Lipinski definition) is 3. The van der Waals surface area contributed by atoms with Crippen molar-refractivity contribution in [1.82, 2.24) is 9.97 Å². The number of aromatic amines is 2. The molecule has 0 fully saturated rings. The first-order valence-corrected chi connectivity index (χ1v) is 6.77. The van der Waals surface area contributed by atoms with Crippen LogP contribution in [0.3, 0.4) is 0 Å². The van der Waals surface area contributed by atoms with Crippen molar-refractivity contribution in [2.75, 3.05) is 7.11 Å². The number of methoxy groups -OCH3 is 1. The lowest BCUT2D eigenvalue weighted by atomic mass is 9.99. The smallest absolute Gasteiger partial charge is 0.323 e. The van der Waals surface area contributed by atoms with Crippen LogP contribution >= 0.6 is 11.6 Å². The molecule has 1 atom stereocenters. The van der Waals surface area contributed by atoms with Crippen molar-refractivity contribution in [3.63, 3.8) is 0 Å². The van der Waals surface area contributed by atoms with Crippen LogP contribution in [0.1, 0.15) is 17.2 Å². The van der Waals surface area contributed by atoms with Crippen molar-refractivity contribution in [2.45, 2.75) is 6.04 Å². The lowest BCUT2D eigenvalue weighted by Gasteiger charge is -2.15. The maximum atomic E-state index is 11.3. The van der Waals surface area contributed by atoms with Crippen molar-refractivity contribution in [3.05, 3.63) is 63.0 Å². The predicted molar refractivity (Wildman–Crippen MR) is 83.0 cm³/mol. The Morgan fingerprint density at radius 2 is 1.76 bits per heavy atom. The van der Waals surface area contributed by atoms with Crippen LogP contribution in [-0.2, 0) is 0 Å². The molecule has 0 bridgehead atoms. The fourth-order valence-corrected chi connectivity index (χ4v) is 2.58. The monoisotopic (exact) mass is 303 g/mol. The van der Waals surface area contributed by atoms with E-state index < -0.39 is 0 Å². The summed E-state index contributed by atoms with van der Waals surface area (Å²) in [5, 5.41) is 0.515. The van der Waals surface area contributed by atoms with E-state index in [1.807, 2.05) is 24.3 Å². The molecule has 0 aliphatic rings. The normalized spacial score (nSPS) is 12.5. The zero-order chi connectivity index (χ0) is 15.0. The van der Waals surface area contributed by atoms with Gasteiger partial charge in [-0.25, -0.2) is 4.79 Å². The van der Waals surface area contributed by atoms with Gasteiger partial charge in [-0.15, -0.1) is 0 Å². The maximum Gasteiger partial charge on any atom is 0.323 e. The number of benzene rings is 2. The van der Waals surface area contributed by atoms with Crippen LogP contribution in [-0.4, -0.2) is 17.1 Å². The summed E-state index contributed by atoms with van der Waals surface area (Å²) in [6, 6.07) is 10.6. The Morgan fingerprint density at radius 3 is 2.38 bits per heavy atom. The van der Waals surface area contributed by atoms with Gasteiger partial charge >= 0.3 is 5.69 Å². The molecule has 1 unspecified atom stereocenters. The topological polar surface area (TPSA) is 83.9 Å². The number of nitrogens with two attached hydrogens (primary N) is 1. The van der Waals surface area contributed by atoms with E-state index in [1.165, 1.54) is 0 Å². The number of hydrogen-bond donors (Lipinski definition) is 3. The van der Waals surface area contributed by atoms with Crippen molar-refractivity contribution in [1.29, 1.82) is 0 Å². The number of rotatable bonds is 3. The summed E-state index contributed by atoms with van der Waals surface area (Å²) in [5.41, 5.74) is 9.02. The molecular formula is C15H14ClN3O2. The third-order valence-corrected chi connectivity index (χ3v) is 3.77. The van der Waals surface area contributed by atoms with Crippen LogP contribution in [0, 0.1) is 0 Å². The molecule has 0 amide bonds. The Bertz CT molecular complexity index is 836. The molecule has 5 nitrogen and oxygen atoms in total. The van der Waals surface area contributed by atoms with Gasteiger partial charge in [-0.1, -0.05) is 23.7 Å². The molecule has 0 aliphatic heterocycles. The summed E-state index contributed by atoms with van der Waals surface area (Å²) < 4.78 is 5.13. The van der Waals surface area contributed by atoms with Crippen LogP contribution in [0.4, 0.5) is 0 Å². The van der Waals surface area contributed by atoms with E-state index in [1.54, 1.807) is 19.2 Å². The summed E-state index contributed by atoms with van der Waals surface area (Å²) in [7, 11) is 1.61. The third-order valence-electron chi connectivity index (χ3n) is 3.44. The van der Waals surface area contributed by atoms with Crippen molar-refractivity contribution in [2.24, 2.45) is 5.73 Å². The minimum Gasteiger partial charge on any atom is -0.497 e. The summed E-state index contributed by atoms with van der Waals surface area (Å²) in [5.74, 6) is 0.766. The molecule has 0 aliphatic carbocycles. The Labute approximate surface area is 125 Å². The number of halogens is 1. The minimum atomic E-state index is -0.383. The number of aromatic nitrogens is 2. The average Bonchev–Trinajstić information content (AvgIpc) is 2.85. The second-order valence-electron chi connectivity index (χ2n) is 4.75. The lowest BCUT2D eigenvalue weighted by molar-refractivity contribution is 0.414. The van der Waals surface area contributed by atoms with E-state index in [2.05, 4.69) is 9.97 Å². The standard InChI is InChI=1S/C15H14ClN3O2/c1-21-9-4-2-8(3-5-9)14(17)10-6-12-13(7-11(10)16)19-15(20)18-12/h2-7,14H,17H2,1H3,(H2,18,19,20). The first kappa shape index (κ1) is 13.7. The second kappa shape index (κ2) is 5.27. The Morgan fingerprint density at radius 1 is 1.14 bits per heavy atom. The van der Waals surface area contributed by atoms with E-state index in [4.69, 9.17) is 22.1 Å². The van der Waals surface area contributed by atoms with Crippen LogP contribution in [0.2, 0.25) is 5.02 Å². The molecule has 4 N–H and O–H groups in total. The molecule has 0 saturated carbocycles. The van der Waals surface area contributed by atoms with Gasteiger partial charge in [-0.05, 0) is 35.4 Å². The zero-order valence-corrected chi connectivity index (χ0v) is 12.1. The van der Waals surface area contributed by atoms with Gasteiger partial charge in [-0.2, -0.15) is 0 Å². The van der Waals surface area contributed by atoms with Gasteiger partial charge in [0, 0.05) is 5.02 Å². The molecule has 3 rings (SSSR count). The summed E-state index contributed by atoms with van der Waals surface area (Å²) in [6.45, 7) is 0. The number of nitrogens with one attached hydrogen (secondary N) is 2. The highest BCUT2D eigenvalue weighted by molar-refractivity contribution is 6.32. The minimum absolute atomic E-state index is 0.267. The molecule has 2 aromatic carbocycles. The number of H-pyrrole nitrogens is 2. The van der Waals surface area contributed by atoms with E-state index in [9.17, 15) is 4.79 Å². The second-order valence-corrected chi connectivity index (χ2v) is 5.16. The fraction of sp³-hybridized carbons (Fsp3) is 0.133. The molecule has 0 saturated heterocycles. The van der Waals surface area contributed by atoms with Gasteiger partial charge in [-0.3, -0.25) is 0 Å². The maximum absolute atomic E-state index is 11.3. The SMILES string of the molecule is COc1ccc(C(N)c2cc3[nH]c(=O)[nH]c3cc2Cl)cc1. The fourth-order valence-electron chi connectivity index (χ4n) is 2.30. The summed E-state index contributed by atoms with van der Waals surface area (Å²) in [6.07, 6.45) is 0. The molecule has 108 valence electrons. The van der Waals surface area contributed by atoms with Gasteiger partial charge in [0.2, 0.25) is 0 Å². The van der Waals surface area contributed by atoms with Crippen LogP contribution in [0.5, 0.6) is 5.75 Å². The van der Waals surface area contributed by atoms with Gasteiger partial charge in [0.05, 0.1) is 24.2 Å². The van der Waals surface area contributed by atoms with Crippen LogP contribution in [0.15, 0.2) is 41.2 Å². The van der Waals surface area contributed by atoms with Gasteiger partial charge in [0.1, 0.15) is 5.75 Å². The summed E-state index contributed by atoms with van der Waals surface area (Å²) >= 11 is 6.28. The quantitative estimate of drug-likeness (QED) is 0.695. The van der Waals surface area contributed by atoms with E-state index in [-0.39, 0.29) is 11.7 Å². The molecule has 3 aromatic rings. The highest BCUT2D eigenvalue weighted by atomic mass is 35.5. The van der Waals surface area contributed by atoms with Gasteiger partial charge in [0.25, 0.3) is 0 Å². The van der Waals surface area contributed by atoms with Gasteiger partial charge < -0.3 is 20.4 Å². The Balaban J connectivity index is 2.04. The average molecular weight is 304 g/mol. The number of imidazole rings is 1. The third kappa shape index (κ3) is 2.53. The molecule has 1 aromatic heterocycles. The molecular weight excluding hydrogens is 290 g/mol. The first-order chi connectivity index (χ1) is 10.1. The largest absolute Gasteiger partial charge is 0.497 e. The van der Waals surface area contributed by atoms with E-state index in [0.717, 1.165) is 16.9 Å². The first-order valence-electron chi connectivity index (χ1n) is 6.39. The van der Waals surface area contributed by atoms with Crippen LogP contribution in [0.25, 0.3) is 11.0 Å². The van der Waals surface area contributed by atoms with E-state index >= 15 is 0 Å². The van der Waals surface area contributed by atoms with Crippen molar-refractivity contribution in [3.8, 4) is 5.75 Å². The number of ether oxygens (including phenoxy) is 1. The molecule has 6 heteroatoms. The van der Waals surface area contributed by atoms with Crippen LogP contribution < -0.4 is 16.2 Å².